The zero-order chi connectivity index (χ0) is 15.8. The molecule has 2 aromatic rings. The molecule has 0 saturated carbocycles. The third-order valence-electron chi connectivity index (χ3n) is 3.20. The first-order chi connectivity index (χ1) is 10.6. The smallest absolute Gasteiger partial charge is 0.0784 e. The van der Waals surface area contributed by atoms with Crippen LogP contribution in [-0.2, 0) is 0 Å². The average Bonchev–Trinajstić information content (AvgIpc) is 2.51. The van der Waals surface area contributed by atoms with E-state index in [1.165, 1.54) is 11.1 Å². The summed E-state index contributed by atoms with van der Waals surface area (Å²) < 4.78 is 0. The van der Waals surface area contributed by atoms with E-state index in [4.69, 9.17) is 5.41 Å². The number of aliphatic imine (C=N–C) groups is 2. The third kappa shape index (κ3) is 7.02. The Balaban J connectivity index is 0.00000264. The second kappa shape index (κ2) is 9.70. The summed E-state index contributed by atoms with van der Waals surface area (Å²) in [4.78, 5) is 8.57. The van der Waals surface area contributed by atoms with Gasteiger partial charge >= 0.3 is 0 Å². The molecule has 0 fully saturated rings. The van der Waals surface area contributed by atoms with E-state index in [0.29, 0.717) is 18.8 Å². The van der Waals surface area contributed by atoms with E-state index in [1.54, 1.807) is 12.4 Å². The molecule has 23 heavy (non-hydrogen) atoms. The summed E-state index contributed by atoms with van der Waals surface area (Å²) in [5.41, 5.74) is 5.08. The van der Waals surface area contributed by atoms with Crippen LogP contribution in [0.2, 0.25) is 0 Å². The summed E-state index contributed by atoms with van der Waals surface area (Å²) in [5, 5.41) is 7.86. The van der Waals surface area contributed by atoms with E-state index in [-0.39, 0.29) is 12.4 Å². The minimum Gasteiger partial charge on any atom is -0.306 e. The second-order valence-corrected chi connectivity index (χ2v) is 5.36. The van der Waals surface area contributed by atoms with Crippen LogP contribution in [0.3, 0.4) is 0 Å². The van der Waals surface area contributed by atoms with Gasteiger partial charge in [0.05, 0.1) is 18.8 Å². The van der Waals surface area contributed by atoms with Crippen molar-refractivity contribution in [2.45, 2.75) is 13.8 Å². The Kier molecular flexibility index (Phi) is 7.92. The highest BCUT2D eigenvalue weighted by molar-refractivity contribution is 5.90. The van der Waals surface area contributed by atoms with Crippen molar-refractivity contribution in [1.29, 1.82) is 5.41 Å². The van der Waals surface area contributed by atoms with Crippen molar-refractivity contribution in [1.82, 2.24) is 0 Å². The van der Waals surface area contributed by atoms with Gasteiger partial charge in [0.15, 0.2) is 0 Å². The maximum Gasteiger partial charge on any atom is 0.0784 e. The van der Waals surface area contributed by atoms with Crippen LogP contribution in [-0.4, -0.2) is 31.2 Å². The number of benzene rings is 2. The maximum absolute atomic E-state index is 7.86. The zero-order valence-electron chi connectivity index (χ0n) is 13.5. The molecule has 0 heterocycles. The summed E-state index contributed by atoms with van der Waals surface area (Å²) in [7, 11) is 0. The molecule has 0 aliphatic heterocycles. The van der Waals surface area contributed by atoms with Gasteiger partial charge in [-0.15, -0.1) is 12.4 Å². The van der Waals surface area contributed by atoms with Crippen LogP contribution in [0, 0.1) is 19.3 Å². The highest BCUT2D eigenvalue weighted by Crippen LogP contribution is 2.01. The van der Waals surface area contributed by atoms with Gasteiger partial charge < -0.3 is 5.41 Å². The first kappa shape index (κ1) is 18.8. The molecule has 0 atom stereocenters. The minimum atomic E-state index is 0. The van der Waals surface area contributed by atoms with Crippen LogP contribution < -0.4 is 0 Å². The van der Waals surface area contributed by atoms with Gasteiger partial charge in [-0.2, -0.15) is 0 Å². The van der Waals surface area contributed by atoms with Gasteiger partial charge in [-0.05, 0) is 25.0 Å². The lowest BCUT2D eigenvalue weighted by Crippen LogP contribution is -2.06. The lowest BCUT2D eigenvalue weighted by Gasteiger charge is -1.97. The molecule has 0 bridgehead atoms. The lowest BCUT2D eigenvalue weighted by molar-refractivity contribution is 1.17. The van der Waals surface area contributed by atoms with E-state index in [2.05, 4.69) is 48.1 Å². The largest absolute Gasteiger partial charge is 0.306 e. The first-order valence-corrected chi connectivity index (χ1v) is 7.33. The van der Waals surface area contributed by atoms with E-state index < -0.39 is 0 Å². The monoisotopic (exact) mass is 327 g/mol. The van der Waals surface area contributed by atoms with Gasteiger partial charge in [0.2, 0.25) is 0 Å². The van der Waals surface area contributed by atoms with Gasteiger partial charge in [0.25, 0.3) is 0 Å². The molecule has 0 spiro atoms. The van der Waals surface area contributed by atoms with Crippen LogP contribution in [0.4, 0.5) is 0 Å². The maximum atomic E-state index is 7.86. The van der Waals surface area contributed by atoms with Crippen molar-refractivity contribution in [2.75, 3.05) is 13.1 Å². The SMILES string of the molecule is Cc1ccc(C=NCC(=N)CN=Cc2ccc(C)cc2)cc1.Cl. The summed E-state index contributed by atoms with van der Waals surface area (Å²) in [6, 6.07) is 16.3. The van der Waals surface area contributed by atoms with Crippen LogP contribution in [0.1, 0.15) is 22.3 Å². The van der Waals surface area contributed by atoms with Crippen molar-refractivity contribution in [2.24, 2.45) is 9.98 Å². The van der Waals surface area contributed by atoms with E-state index in [9.17, 15) is 0 Å². The van der Waals surface area contributed by atoms with Crippen LogP contribution in [0.15, 0.2) is 58.5 Å². The fourth-order valence-corrected chi connectivity index (χ4v) is 1.88. The van der Waals surface area contributed by atoms with Crippen molar-refractivity contribution < 1.29 is 0 Å². The van der Waals surface area contributed by atoms with Crippen molar-refractivity contribution in [3.63, 3.8) is 0 Å². The molecule has 0 saturated heterocycles. The Hall–Kier alpha value is -2.26. The predicted octanol–water partition coefficient (Wildman–Crippen LogP) is 4.28. The van der Waals surface area contributed by atoms with Gasteiger partial charge in [0, 0.05) is 12.4 Å². The molecule has 1 N–H and O–H groups in total. The Morgan fingerprint density at radius 2 is 1.13 bits per heavy atom. The number of hydrogen-bond acceptors (Lipinski definition) is 3. The summed E-state index contributed by atoms with van der Waals surface area (Å²) in [5.74, 6) is 0. The summed E-state index contributed by atoms with van der Waals surface area (Å²) in [6.07, 6.45) is 3.61. The second-order valence-electron chi connectivity index (χ2n) is 5.36. The molecule has 2 rings (SSSR count). The fraction of sp³-hybridized carbons (Fsp3) is 0.211. The highest BCUT2D eigenvalue weighted by Gasteiger charge is 1.93. The van der Waals surface area contributed by atoms with Crippen molar-refractivity contribution in [3.8, 4) is 0 Å². The molecule has 120 valence electrons. The topological polar surface area (TPSA) is 48.6 Å². The number of nitrogens with zero attached hydrogens (tertiary/aromatic N) is 2. The molecular weight excluding hydrogens is 306 g/mol. The van der Waals surface area contributed by atoms with Crippen LogP contribution in [0.5, 0.6) is 0 Å². The normalized spacial score (nSPS) is 10.9. The Morgan fingerprint density at radius 3 is 1.48 bits per heavy atom. The third-order valence-corrected chi connectivity index (χ3v) is 3.20. The fourth-order valence-electron chi connectivity index (χ4n) is 1.88. The number of hydrogen-bond donors (Lipinski definition) is 1. The van der Waals surface area contributed by atoms with Crippen molar-refractivity contribution in [3.05, 3.63) is 70.8 Å². The van der Waals surface area contributed by atoms with E-state index in [1.807, 2.05) is 24.3 Å². The molecule has 0 aromatic heterocycles. The van der Waals surface area contributed by atoms with Gasteiger partial charge in [0.1, 0.15) is 0 Å². The molecule has 2 aromatic carbocycles. The molecule has 0 radical (unpaired) electrons. The highest BCUT2D eigenvalue weighted by atomic mass is 35.5. The molecule has 4 heteroatoms. The number of halogens is 1. The summed E-state index contributed by atoms with van der Waals surface area (Å²) in [6.45, 7) is 4.89. The average molecular weight is 328 g/mol. The standard InChI is InChI=1S/C19H21N3.ClH/c1-15-3-7-17(8-4-15)11-21-13-19(20)14-22-12-18-9-5-16(2)6-10-18;/h3-12,20H,13-14H2,1-2H3;1H. The van der Waals surface area contributed by atoms with Crippen molar-refractivity contribution >= 4 is 30.5 Å². The lowest BCUT2D eigenvalue weighted by atomic mass is 10.2. The van der Waals surface area contributed by atoms with E-state index >= 15 is 0 Å². The molecule has 0 aliphatic rings. The van der Waals surface area contributed by atoms with Gasteiger partial charge in [-0.25, -0.2) is 0 Å². The van der Waals surface area contributed by atoms with Gasteiger partial charge in [-0.1, -0.05) is 59.7 Å². The quantitative estimate of drug-likeness (QED) is 0.770. The number of nitrogens with one attached hydrogen (secondary N) is 1. The van der Waals surface area contributed by atoms with Crippen LogP contribution >= 0.6 is 12.4 Å². The Morgan fingerprint density at radius 1 is 0.783 bits per heavy atom. The molecular formula is C19H22ClN3. The first-order valence-electron chi connectivity index (χ1n) is 7.33. The molecule has 0 amide bonds. The van der Waals surface area contributed by atoms with Crippen LogP contribution in [0.25, 0.3) is 0 Å². The number of rotatable bonds is 6. The van der Waals surface area contributed by atoms with Gasteiger partial charge in [-0.3, -0.25) is 9.98 Å². The molecule has 0 unspecified atom stereocenters. The zero-order valence-corrected chi connectivity index (χ0v) is 14.3. The minimum absolute atomic E-state index is 0. The Bertz CT molecular complexity index is 611. The predicted molar refractivity (Wildman–Crippen MR) is 102 cm³/mol. The number of aryl methyl sites for hydroxylation is 2. The Labute approximate surface area is 144 Å². The molecule has 0 aliphatic carbocycles. The summed E-state index contributed by atoms with van der Waals surface area (Å²) >= 11 is 0. The molecule has 3 nitrogen and oxygen atoms in total. The van der Waals surface area contributed by atoms with E-state index in [0.717, 1.165) is 11.1 Å².